The molecule has 3 rings (SSSR count). The zero-order valence-corrected chi connectivity index (χ0v) is 10.5. The van der Waals surface area contributed by atoms with Crippen LogP contribution < -0.4 is 10.6 Å². The van der Waals surface area contributed by atoms with Crippen molar-refractivity contribution >= 4 is 33.8 Å². The van der Waals surface area contributed by atoms with Crippen LogP contribution in [0.5, 0.6) is 0 Å². The molecule has 2 N–H and O–H groups in total. The molecular formula is C12H10BrN3O. The summed E-state index contributed by atoms with van der Waals surface area (Å²) >= 11 is 3.41. The van der Waals surface area contributed by atoms with Gasteiger partial charge in [0.05, 0.1) is 11.8 Å². The van der Waals surface area contributed by atoms with E-state index in [1.165, 1.54) is 0 Å². The number of fused-ring (bicyclic) bond motifs is 1. The lowest BCUT2D eigenvalue weighted by molar-refractivity contribution is 0.567. The number of halogens is 1. The molecule has 1 aromatic heterocycles. The number of hydrogen-bond donors (Lipinski definition) is 1. The van der Waals surface area contributed by atoms with E-state index in [0.29, 0.717) is 5.88 Å². The SMILES string of the molecule is NC1c2ccoc2N=CN1c1ccc(Br)cc1. The molecular weight excluding hydrogens is 282 g/mol. The Labute approximate surface area is 107 Å². The van der Waals surface area contributed by atoms with Crippen molar-refractivity contribution in [3.8, 4) is 0 Å². The zero-order valence-electron chi connectivity index (χ0n) is 8.88. The van der Waals surface area contributed by atoms with E-state index in [0.717, 1.165) is 15.7 Å². The quantitative estimate of drug-likeness (QED) is 0.878. The van der Waals surface area contributed by atoms with Crippen molar-refractivity contribution in [2.24, 2.45) is 10.7 Å². The Kier molecular flexibility index (Phi) is 2.49. The van der Waals surface area contributed by atoms with Crippen LogP contribution >= 0.6 is 15.9 Å². The van der Waals surface area contributed by atoms with Crippen LogP contribution in [0.25, 0.3) is 0 Å². The van der Waals surface area contributed by atoms with Gasteiger partial charge in [0.25, 0.3) is 0 Å². The third-order valence-corrected chi connectivity index (χ3v) is 3.25. The van der Waals surface area contributed by atoms with Crippen LogP contribution in [0, 0.1) is 0 Å². The van der Waals surface area contributed by atoms with Crippen LogP contribution in [0.2, 0.25) is 0 Å². The minimum atomic E-state index is -0.262. The third-order valence-electron chi connectivity index (χ3n) is 2.72. The van der Waals surface area contributed by atoms with Gasteiger partial charge in [0.1, 0.15) is 12.5 Å². The van der Waals surface area contributed by atoms with Crippen molar-refractivity contribution < 1.29 is 4.42 Å². The number of furan rings is 1. The van der Waals surface area contributed by atoms with Gasteiger partial charge in [-0.2, -0.15) is 0 Å². The molecule has 2 aromatic rings. The van der Waals surface area contributed by atoms with Crippen molar-refractivity contribution in [3.05, 3.63) is 46.6 Å². The summed E-state index contributed by atoms with van der Waals surface area (Å²) in [6.45, 7) is 0. The van der Waals surface area contributed by atoms with E-state index in [9.17, 15) is 0 Å². The summed E-state index contributed by atoms with van der Waals surface area (Å²) < 4.78 is 6.25. The number of nitrogens with zero attached hydrogens (tertiary/aromatic N) is 2. The van der Waals surface area contributed by atoms with Crippen LogP contribution in [0.3, 0.4) is 0 Å². The minimum Gasteiger partial charge on any atom is -0.446 e. The molecule has 2 heterocycles. The summed E-state index contributed by atoms with van der Waals surface area (Å²) in [7, 11) is 0. The maximum atomic E-state index is 6.17. The lowest BCUT2D eigenvalue weighted by Gasteiger charge is -2.28. The van der Waals surface area contributed by atoms with E-state index < -0.39 is 0 Å². The standard InChI is InChI=1S/C12H10BrN3O/c13-8-1-3-9(4-2-8)16-7-15-12-10(11(16)14)5-6-17-12/h1-7,11H,14H2. The molecule has 1 unspecified atom stereocenters. The molecule has 0 saturated carbocycles. The maximum absolute atomic E-state index is 6.17. The van der Waals surface area contributed by atoms with E-state index in [-0.39, 0.29) is 6.17 Å². The number of anilines is 1. The minimum absolute atomic E-state index is 0.262. The summed E-state index contributed by atoms with van der Waals surface area (Å²) in [6.07, 6.45) is 3.04. The van der Waals surface area contributed by atoms with Crippen molar-refractivity contribution in [1.82, 2.24) is 0 Å². The predicted octanol–water partition coefficient (Wildman–Crippen LogP) is 3.18. The molecule has 0 radical (unpaired) electrons. The van der Waals surface area contributed by atoms with Gasteiger partial charge in [-0.3, -0.25) is 0 Å². The smallest absolute Gasteiger partial charge is 0.226 e. The lowest BCUT2D eigenvalue weighted by Crippen LogP contribution is -2.35. The zero-order chi connectivity index (χ0) is 11.8. The monoisotopic (exact) mass is 291 g/mol. The summed E-state index contributed by atoms with van der Waals surface area (Å²) in [5.41, 5.74) is 8.06. The molecule has 5 heteroatoms. The summed E-state index contributed by atoms with van der Waals surface area (Å²) in [6, 6.07) is 9.77. The summed E-state index contributed by atoms with van der Waals surface area (Å²) in [5.74, 6) is 0.589. The molecule has 0 fully saturated rings. The Bertz CT molecular complexity index is 561. The van der Waals surface area contributed by atoms with Crippen molar-refractivity contribution in [2.45, 2.75) is 6.17 Å². The van der Waals surface area contributed by atoms with Crippen molar-refractivity contribution in [3.63, 3.8) is 0 Å². The first-order valence-corrected chi connectivity index (χ1v) is 5.96. The largest absolute Gasteiger partial charge is 0.446 e. The van der Waals surface area contributed by atoms with Crippen molar-refractivity contribution in [1.29, 1.82) is 0 Å². The second kappa shape index (κ2) is 4.01. The van der Waals surface area contributed by atoms with E-state index >= 15 is 0 Å². The van der Waals surface area contributed by atoms with Gasteiger partial charge in [-0.1, -0.05) is 15.9 Å². The number of aliphatic imine (C=N–C) groups is 1. The normalized spacial score (nSPS) is 18.2. The van der Waals surface area contributed by atoms with Crippen LogP contribution in [-0.2, 0) is 0 Å². The number of rotatable bonds is 1. The van der Waals surface area contributed by atoms with Crippen LogP contribution in [0.4, 0.5) is 11.6 Å². The second-order valence-electron chi connectivity index (χ2n) is 3.75. The van der Waals surface area contributed by atoms with Crippen LogP contribution in [-0.4, -0.2) is 6.34 Å². The van der Waals surface area contributed by atoms with Crippen molar-refractivity contribution in [2.75, 3.05) is 4.90 Å². The van der Waals surface area contributed by atoms with Crippen LogP contribution in [0.15, 0.2) is 50.5 Å². The Morgan fingerprint density at radius 2 is 2.00 bits per heavy atom. The molecule has 0 bridgehead atoms. The van der Waals surface area contributed by atoms with E-state index in [1.54, 1.807) is 12.6 Å². The van der Waals surface area contributed by atoms with Gasteiger partial charge in [-0.05, 0) is 30.3 Å². The van der Waals surface area contributed by atoms with E-state index in [2.05, 4.69) is 20.9 Å². The molecule has 1 aromatic carbocycles. The van der Waals surface area contributed by atoms with Gasteiger partial charge in [0, 0.05) is 10.2 Å². The molecule has 1 aliphatic heterocycles. The number of hydrogen-bond acceptors (Lipinski definition) is 4. The topological polar surface area (TPSA) is 54.8 Å². The molecule has 0 saturated heterocycles. The molecule has 4 nitrogen and oxygen atoms in total. The fourth-order valence-corrected chi connectivity index (χ4v) is 2.08. The Morgan fingerprint density at radius 3 is 2.76 bits per heavy atom. The van der Waals surface area contributed by atoms with Gasteiger partial charge in [-0.25, -0.2) is 4.99 Å². The highest BCUT2D eigenvalue weighted by Gasteiger charge is 2.24. The number of nitrogens with two attached hydrogens (primary N) is 1. The van der Waals surface area contributed by atoms with Gasteiger partial charge < -0.3 is 15.1 Å². The third kappa shape index (κ3) is 1.77. The number of benzene rings is 1. The average molecular weight is 292 g/mol. The lowest BCUT2D eigenvalue weighted by atomic mass is 10.2. The Balaban J connectivity index is 1.98. The van der Waals surface area contributed by atoms with Gasteiger partial charge in [0.15, 0.2) is 0 Å². The van der Waals surface area contributed by atoms with E-state index in [4.69, 9.17) is 10.2 Å². The van der Waals surface area contributed by atoms with E-state index in [1.807, 2.05) is 35.2 Å². The van der Waals surface area contributed by atoms with Crippen LogP contribution in [0.1, 0.15) is 11.7 Å². The maximum Gasteiger partial charge on any atom is 0.226 e. The molecule has 86 valence electrons. The van der Waals surface area contributed by atoms with Gasteiger partial charge in [0.2, 0.25) is 5.88 Å². The second-order valence-corrected chi connectivity index (χ2v) is 4.67. The molecule has 0 spiro atoms. The molecule has 1 aliphatic rings. The average Bonchev–Trinajstić information content (AvgIpc) is 2.80. The van der Waals surface area contributed by atoms with Gasteiger partial charge >= 0.3 is 0 Å². The highest BCUT2D eigenvalue weighted by atomic mass is 79.9. The first-order chi connectivity index (χ1) is 8.25. The molecule has 0 amide bonds. The molecule has 17 heavy (non-hydrogen) atoms. The predicted molar refractivity (Wildman–Crippen MR) is 70.4 cm³/mol. The highest BCUT2D eigenvalue weighted by Crippen LogP contribution is 2.33. The Morgan fingerprint density at radius 1 is 1.24 bits per heavy atom. The first-order valence-electron chi connectivity index (χ1n) is 5.17. The Hall–Kier alpha value is -1.59. The fraction of sp³-hybridized carbons (Fsp3) is 0.0833. The first kappa shape index (κ1) is 10.6. The molecule has 0 aliphatic carbocycles. The van der Waals surface area contributed by atoms with Gasteiger partial charge in [-0.15, -0.1) is 0 Å². The fourth-order valence-electron chi connectivity index (χ4n) is 1.82. The highest BCUT2D eigenvalue weighted by molar-refractivity contribution is 9.10. The molecule has 1 atom stereocenters. The summed E-state index contributed by atoms with van der Waals surface area (Å²) in [5, 5.41) is 0. The summed E-state index contributed by atoms with van der Waals surface area (Å²) in [4.78, 5) is 6.13.